The maximum atomic E-state index is 6.06. The SMILES string of the molecule is Cn1cc(C2CC3C(CN2)NNC3c2cccc(N3CCC(N)CC3)n2)cn1. The molecule has 5 rings (SSSR count). The van der Waals surface area contributed by atoms with E-state index in [1.54, 1.807) is 0 Å². The predicted molar refractivity (Wildman–Crippen MR) is 109 cm³/mol. The highest BCUT2D eigenvalue weighted by Gasteiger charge is 2.42. The Balaban J connectivity index is 1.34. The summed E-state index contributed by atoms with van der Waals surface area (Å²) in [5, 5.41) is 8.00. The molecule has 2 aromatic heterocycles. The maximum Gasteiger partial charge on any atom is 0.128 e. The molecule has 3 saturated heterocycles. The van der Waals surface area contributed by atoms with Crippen molar-refractivity contribution in [1.82, 2.24) is 30.9 Å². The number of nitrogens with zero attached hydrogens (tertiary/aromatic N) is 4. The van der Waals surface area contributed by atoms with Gasteiger partial charge in [-0.3, -0.25) is 10.1 Å². The number of anilines is 1. The molecule has 8 heteroatoms. The van der Waals surface area contributed by atoms with Crippen LogP contribution in [0.1, 0.15) is 42.6 Å². The van der Waals surface area contributed by atoms with E-state index in [-0.39, 0.29) is 6.04 Å². The molecule has 2 aromatic rings. The average Bonchev–Trinajstić information content (AvgIpc) is 3.34. The molecule has 3 aliphatic heterocycles. The molecule has 4 unspecified atom stereocenters. The molecule has 0 bridgehead atoms. The van der Waals surface area contributed by atoms with Crippen LogP contribution in [0, 0.1) is 5.92 Å². The molecular weight excluding hydrogens is 352 g/mol. The Labute approximate surface area is 165 Å². The van der Waals surface area contributed by atoms with Gasteiger partial charge in [0.05, 0.1) is 17.9 Å². The number of hydrogen-bond donors (Lipinski definition) is 4. The number of hydrazine groups is 1. The highest BCUT2D eigenvalue weighted by molar-refractivity contribution is 5.40. The fraction of sp³-hybridized carbons (Fsp3) is 0.600. The van der Waals surface area contributed by atoms with Crippen molar-refractivity contribution in [2.24, 2.45) is 18.7 Å². The molecule has 0 amide bonds. The quantitative estimate of drug-likeness (QED) is 0.618. The summed E-state index contributed by atoms with van der Waals surface area (Å²) < 4.78 is 1.88. The largest absolute Gasteiger partial charge is 0.356 e. The third-order valence-corrected chi connectivity index (χ3v) is 6.53. The van der Waals surface area contributed by atoms with Crippen molar-refractivity contribution in [2.45, 2.75) is 43.4 Å². The number of piperidine rings is 2. The zero-order chi connectivity index (χ0) is 19.1. The predicted octanol–water partition coefficient (Wildman–Crippen LogP) is 0.611. The lowest BCUT2D eigenvalue weighted by Gasteiger charge is -2.34. The lowest BCUT2D eigenvalue weighted by molar-refractivity contribution is 0.265. The number of fused-ring (bicyclic) bond motifs is 1. The van der Waals surface area contributed by atoms with Crippen molar-refractivity contribution in [3.05, 3.63) is 41.9 Å². The fourth-order valence-electron chi connectivity index (χ4n) is 4.86. The van der Waals surface area contributed by atoms with E-state index in [1.807, 2.05) is 17.9 Å². The lowest BCUT2D eigenvalue weighted by Crippen LogP contribution is -2.46. The van der Waals surface area contributed by atoms with Gasteiger partial charge in [0.15, 0.2) is 0 Å². The highest BCUT2D eigenvalue weighted by Crippen LogP contribution is 2.38. The normalized spacial score (nSPS) is 31.1. The van der Waals surface area contributed by atoms with Gasteiger partial charge in [0.2, 0.25) is 0 Å². The van der Waals surface area contributed by atoms with E-state index in [9.17, 15) is 0 Å². The smallest absolute Gasteiger partial charge is 0.128 e. The second-order valence-electron chi connectivity index (χ2n) is 8.43. The number of rotatable bonds is 3. The van der Waals surface area contributed by atoms with Crippen molar-refractivity contribution in [2.75, 3.05) is 24.5 Å². The molecule has 0 aromatic carbocycles. The van der Waals surface area contributed by atoms with Gasteiger partial charge in [0.25, 0.3) is 0 Å². The number of hydrogen-bond acceptors (Lipinski definition) is 7. The van der Waals surface area contributed by atoms with Gasteiger partial charge >= 0.3 is 0 Å². The van der Waals surface area contributed by atoms with E-state index in [1.165, 1.54) is 5.56 Å². The molecule has 3 aliphatic rings. The van der Waals surface area contributed by atoms with Crippen LogP contribution in [0.5, 0.6) is 0 Å². The minimum Gasteiger partial charge on any atom is -0.356 e. The zero-order valence-corrected chi connectivity index (χ0v) is 16.4. The number of aromatic nitrogens is 3. The van der Waals surface area contributed by atoms with Crippen molar-refractivity contribution in [3.8, 4) is 0 Å². The maximum absolute atomic E-state index is 6.06. The molecular formula is C20H30N8. The van der Waals surface area contributed by atoms with E-state index in [4.69, 9.17) is 10.7 Å². The molecule has 0 radical (unpaired) electrons. The van der Waals surface area contributed by atoms with Crippen LogP contribution in [-0.4, -0.2) is 46.5 Å². The van der Waals surface area contributed by atoms with Crippen LogP contribution in [0.15, 0.2) is 30.6 Å². The van der Waals surface area contributed by atoms with Crippen molar-refractivity contribution >= 4 is 5.82 Å². The van der Waals surface area contributed by atoms with Crippen molar-refractivity contribution in [1.29, 1.82) is 0 Å². The summed E-state index contributed by atoms with van der Waals surface area (Å²) in [7, 11) is 1.97. The number of nitrogens with two attached hydrogens (primary N) is 1. The summed E-state index contributed by atoms with van der Waals surface area (Å²) in [6.07, 6.45) is 7.23. The van der Waals surface area contributed by atoms with E-state index < -0.39 is 0 Å². The Bertz CT molecular complexity index is 812. The second-order valence-corrected chi connectivity index (χ2v) is 8.43. The van der Waals surface area contributed by atoms with Crippen LogP contribution >= 0.6 is 0 Å². The molecule has 0 saturated carbocycles. The average molecular weight is 383 g/mol. The lowest BCUT2D eigenvalue weighted by atomic mass is 9.82. The number of aryl methyl sites for hydroxylation is 1. The Morgan fingerprint density at radius 1 is 1.18 bits per heavy atom. The zero-order valence-electron chi connectivity index (χ0n) is 16.4. The Hall–Kier alpha value is -2.00. The Kier molecular flexibility index (Phi) is 4.80. The van der Waals surface area contributed by atoms with Gasteiger partial charge < -0.3 is 16.0 Å². The third-order valence-electron chi connectivity index (χ3n) is 6.53. The van der Waals surface area contributed by atoms with Crippen LogP contribution in [0.4, 0.5) is 5.82 Å². The van der Waals surface area contributed by atoms with Crippen molar-refractivity contribution < 1.29 is 0 Å². The highest BCUT2D eigenvalue weighted by atomic mass is 15.4. The third kappa shape index (κ3) is 3.41. The van der Waals surface area contributed by atoms with Gasteiger partial charge in [0.1, 0.15) is 5.82 Å². The van der Waals surface area contributed by atoms with Crippen LogP contribution in [0.3, 0.4) is 0 Å². The Morgan fingerprint density at radius 3 is 2.82 bits per heavy atom. The summed E-state index contributed by atoms with van der Waals surface area (Å²) in [6, 6.07) is 7.73. The number of nitrogens with one attached hydrogen (secondary N) is 3. The van der Waals surface area contributed by atoms with Crippen LogP contribution in [0.2, 0.25) is 0 Å². The first-order chi connectivity index (χ1) is 13.7. The molecule has 8 nitrogen and oxygen atoms in total. The minimum atomic E-state index is 0.221. The molecule has 28 heavy (non-hydrogen) atoms. The molecule has 150 valence electrons. The summed E-state index contributed by atoms with van der Waals surface area (Å²) >= 11 is 0. The van der Waals surface area contributed by atoms with Gasteiger partial charge in [-0.2, -0.15) is 5.10 Å². The summed E-state index contributed by atoms with van der Waals surface area (Å²) in [6.45, 7) is 2.93. The minimum absolute atomic E-state index is 0.221. The van der Waals surface area contributed by atoms with E-state index in [2.05, 4.69) is 50.6 Å². The number of pyridine rings is 1. The molecule has 5 N–H and O–H groups in total. The van der Waals surface area contributed by atoms with Gasteiger partial charge in [-0.25, -0.2) is 10.4 Å². The van der Waals surface area contributed by atoms with Gasteiger partial charge in [0, 0.05) is 62.5 Å². The summed E-state index contributed by atoms with van der Waals surface area (Å²) in [5.74, 6) is 1.57. The van der Waals surface area contributed by atoms with Crippen LogP contribution in [-0.2, 0) is 7.05 Å². The molecule has 4 atom stereocenters. The standard InChI is InChI=1S/C20H30N8/c1-27-12-13(10-23-27)17-9-15-18(11-22-17)25-26-20(15)16-3-2-4-19(24-16)28-7-5-14(21)6-8-28/h2-4,10,12,14-15,17-18,20,22,25-26H,5-9,11,21H2,1H3. The van der Waals surface area contributed by atoms with E-state index in [0.29, 0.717) is 24.0 Å². The van der Waals surface area contributed by atoms with Crippen LogP contribution < -0.4 is 26.8 Å². The second kappa shape index (κ2) is 7.44. The van der Waals surface area contributed by atoms with Gasteiger partial charge in [-0.1, -0.05) is 6.07 Å². The first kappa shape index (κ1) is 18.1. The monoisotopic (exact) mass is 382 g/mol. The Morgan fingerprint density at radius 2 is 2.04 bits per heavy atom. The summed E-state index contributed by atoms with van der Waals surface area (Å²) in [4.78, 5) is 7.41. The fourth-order valence-corrected chi connectivity index (χ4v) is 4.86. The summed E-state index contributed by atoms with van der Waals surface area (Å²) in [5.41, 5.74) is 15.5. The topological polar surface area (TPSA) is 96.1 Å². The molecule has 3 fully saturated rings. The molecule has 0 spiro atoms. The first-order valence-electron chi connectivity index (χ1n) is 10.4. The van der Waals surface area contributed by atoms with Gasteiger partial charge in [-0.15, -0.1) is 0 Å². The van der Waals surface area contributed by atoms with E-state index >= 15 is 0 Å². The van der Waals surface area contributed by atoms with Gasteiger partial charge in [-0.05, 0) is 31.4 Å². The molecule has 5 heterocycles. The van der Waals surface area contributed by atoms with Crippen molar-refractivity contribution in [3.63, 3.8) is 0 Å². The van der Waals surface area contributed by atoms with Crippen LogP contribution in [0.25, 0.3) is 0 Å². The molecule has 0 aliphatic carbocycles. The van der Waals surface area contributed by atoms with E-state index in [0.717, 1.165) is 50.4 Å². The first-order valence-corrected chi connectivity index (χ1v) is 10.4.